The number of benzene rings is 2. The molecule has 30 heavy (non-hydrogen) atoms. The highest BCUT2D eigenvalue weighted by atomic mass is 14.3. The molecule has 0 N–H and O–H groups in total. The fourth-order valence-electron chi connectivity index (χ4n) is 3.52. The predicted molar refractivity (Wildman–Crippen MR) is 138 cm³/mol. The second-order valence-corrected chi connectivity index (χ2v) is 9.59. The van der Waals surface area contributed by atoms with Crippen LogP contribution in [0.2, 0.25) is 0 Å². The van der Waals surface area contributed by atoms with E-state index < -0.39 is 0 Å². The van der Waals surface area contributed by atoms with Gasteiger partial charge in [-0.05, 0) is 45.9 Å². The molecule has 0 aliphatic heterocycles. The Balaban J connectivity index is 0.000000258. The quantitative estimate of drug-likeness (QED) is 0.410. The third-order valence-corrected chi connectivity index (χ3v) is 5.46. The van der Waals surface area contributed by atoms with Crippen LogP contribution in [-0.4, -0.2) is 0 Å². The SMILES string of the molecule is CC.CC.CC(C)(C)C1=Cc2ccccc2C1.CC(C)(C)C1=Cc2ccccc2C1. The standard InChI is InChI=1S/2C13H16.2C2H6/c2*1-13(2,3)12-8-10-6-4-5-7-11(10)9-12;2*1-2/h2*4-8H,9H2,1-3H3;2*1-2H3. The maximum absolute atomic E-state index is 2.34. The zero-order valence-corrected chi connectivity index (χ0v) is 21.2. The van der Waals surface area contributed by atoms with Crippen LogP contribution >= 0.6 is 0 Å². The number of rotatable bonds is 0. The molecular formula is C30H44. The molecule has 0 nitrogen and oxygen atoms in total. The van der Waals surface area contributed by atoms with Crippen LogP contribution in [0.5, 0.6) is 0 Å². The number of hydrogen-bond acceptors (Lipinski definition) is 0. The first kappa shape index (κ1) is 26.0. The first-order chi connectivity index (χ1) is 14.1. The van der Waals surface area contributed by atoms with E-state index in [0.29, 0.717) is 10.8 Å². The lowest BCUT2D eigenvalue weighted by atomic mass is 9.85. The summed E-state index contributed by atoms with van der Waals surface area (Å²) >= 11 is 0. The van der Waals surface area contributed by atoms with Crippen LogP contribution in [0.15, 0.2) is 59.7 Å². The molecule has 2 aromatic carbocycles. The second kappa shape index (κ2) is 11.3. The summed E-state index contributed by atoms with van der Waals surface area (Å²) in [6, 6.07) is 17.3. The molecule has 0 radical (unpaired) electrons. The van der Waals surface area contributed by atoms with Gasteiger partial charge < -0.3 is 0 Å². The lowest BCUT2D eigenvalue weighted by Gasteiger charge is -2.19. The van der Waals surface area contributed by atoms with E-state index in [0.717, 1.165) is 12.8 Å². The van der Waals surface area contributed by atoms with Crippen LogP contribution in [0.1, 0.15) is 91.5 Å². The minimum absolute atomic E-state index is 0.318. The van der Waals surface area contributed by atoms with Gasteiger partial charge >= 0.3 is 0 Å². The Labute approximate surface area is 187 Å². The normalized spacial score (nSPS) is 13.8. The highest BCUT2D eigenvalue weighted by molar-refractivity contribution is 5.65. The van der Waals surface area contributed by atoms with Crippen LogP contribution in [0.4, 0.5) is 0 Å². The van der Waals surface area contributed by atoms with E-state index in [1.165, 1.54) is 22.3 Å². The molecule has 0 heterocycles. The summed E-state index contributed by atoms with van der Waals surface area (Å²) in [7, 11) is 0. The van der Waals surface area contributed by atoms with Crippen molar-refractivity contribution in [2.75, 3.05) is 0 Å². The Hall–Kier alpha value is -2.08. The minimum Gasteiger partial charge on any atom is -0.0683 e. The summed E-state index contributed by atoms with van der Waals surface area (Å²) in [6.45, 7) is 21.7. The molecule has 0 amide bonds. The predicted octanol–water partition coefficient (Wildman–Crippen LogP) is 9.40. The fraction of sp³-hybridized carbons (Fsp3) is 0.467. The largest absolute Gasteiger partial charge is 0.0683 e. The van der Waals surface area contributed by atoms with Crippen molar-refractivity contribution in [2.45, 2.75) is 82.1 Å². The summed E-state index contributed by atoms with van der Waals surface area (Å²) in [5.74, 6) is 0. The van der Waals surface area contributed by atoms with E-state index in [2.05, 4.69) is 102 Å². The first-order valence-corrected chi connectivity index (χ1v) is 11.7. The second-order valence-electron chi connectivity index (χ2n) is 9.59. The van der Waals surface area contributed by atoms with Gasteiger partial charge in [0.1, 0.15) is 0 Å². The lowest BCUT2D eigenvalue weighted by molar-refractivity contribution is 0.498. The molecule has 0 aromatic heterocycles. The summed E-state index contributed by atoms with van der Waals surface area (Å²) in [4.78, 5) is 0. The Morgan fingerprint density at radius 2 is 0.800 bits per heavy atom. The average Bonchev–Trinajstić information content (AvgIpc) is 3.35. The first-order valence-electron chi connectivity index (χ1n) is 11.7. The molecule has 164 valence electrons. The zero-order valence-electron chi connectivity index (χ0n) is 21.2. The minimum atomic E-state index is 0.318. The third kappa shape index (κ3) is 7.01. The topological polar surface area (TPSA) is 0 Å². The van der Waals surface area contributed by atoms with Gasteiger partial charge in [-0.15, -0.1) is 0 Å². The molecule has 0 spiro atoms. The Morgan fingerprint density at radius 3 is 1.07 bits per heavy atom. The fourth-order valence-corrected chi connectivity index (χ4v) is 3.52. The zero-order chi connectivity index (χ0) is 22.9. The molecule has 2 aromatic rings. The van der Waals surface area contributed by atoms with Gasteiger partial charge in [-0.3, -0.25) is 0 Å². The van der Waals surface area contributed by atoms with Gasteiger partial charge in [0.25, 0.3) is 0 Å². The van der Waals surface area contributed by atoms with Crippen molar-refractivity contribution in [3.63, 3.8) is 0 Å². The Bertz CT molecular complexity index is 775. The van der Waals surface area contributed by atoms with Gasteiger partial charge in [0, 0.05) is 0 Å². The average molecular weight is 405 g/mol. The van der Waals surface area contributed by atoms with Gasteiger partial charge in [0.05, 0.1) is 0 Å². The summed E-state index contributed by atoms with van der Waals surface area (Å²) in [5, 5.41) is 0. The summed E-state index contributed by atoms with van der Waals surface area (Å²) in [5.41, 5.74) is 9.51. The van der Waals surface area contributed by atoms with Crippen LogP contribution in [0.3, 0.4) is 0 Å². The van der Waals surface area contributed by atoms with Gasteiger partial charge in [0.2, 0.25) is 0 Å². The van der Waals surface area contributed by atoms with Crippen LogP contribution in [0, 0.1) is 10.8 Å². The van der Waals surface area contributed by atoms with Gasteiger partial charge in [-0.2, -0.15) is 0 Å². The molecule has 0 atom stereocenters. The highest BCUT2D eigenvalue weighted by Gasteiger charge is 2.23. The molecule has 0 saturated heterocycles. The van der Waals surface area contributed by atoms with Crippen molar-refractivity contribution in [3.05, 3.63) is 81.9 Å². The maximum Gasteiger partial charge on any atom is -0.00526 e. The van der Waals surface area contributed by atoms with Crippen molar-refractivity contribution in [3.8, 4) is 0 Å². The van der Waals surface area contributed by atoms with Crippen molar-refractivity contribution in [1.82, 2.24) is 0 Å². The molecular weight excluding hydrogens is 360 g/mol. The van der Waals surface area contributed by atoms with Crippen molar-refractivity contribution in [1.29, 1.82) is 0 Å². The molecule has 0 bridgehead atoms. The van der Waals surface area contributed by atoms with Gasteiger partial charge in [-0.25, -0.2) is 0 Å². The molecule has 0 heteroatoms. The van der Waals surface area contributed by atoms with Gasteiger partial charge in [-0.1, -0.05) is 141 Å². The molecule has 4 rings (SSSR count). The number of hydrogen-bond donors (Lipinski definition) is 0. The van der Waals surface area contributed by atoms with E-state index >= 15 is 0 Å². The lowest BCUT2D eigenvalue weighted by Crippen LogP contribution is -2.08. The van der Waals surface area contributed by atoms with Crippen molar-refractivity contribution in [2.24, 2.45) is 10.8 Å². The van der Waals surface area contributed by atoms with Crippen LogP contribution in [0.25, 0.3) is 12.2 Å². The third-order valence-electron chi connectivity index (χ3n) is 5.46. The molecule has 2 aliphatic carbocycles. The maximum atomic E-state index is 2.34. The summed E-state index contributed by atoms with van der Waals surface area (Å²) in [6.07, 6.45) is 6.96. The number of allylic oxidation sites excluding steroid dienone is 2. The van der Waals surface area contributed by atoms with Crippen LogP contribution < -0.4 is 0 Å². The Morgan fingerprint density at radius 1 is 0.500 bits per heavy atom. The Kier molecular flexibility index (Phi) is 9.82. The van der Waals surface area contributed by atoms with E-state index in [1.54, 1.807) is 11.1 Å². The summed E-state index contributed by atoms with van der Waals surface area (Å²) < 4.78 is 0. The molecule has 2 aliphatic rings. The van der Waals surface area contributed by atoms with Gasteiger partial charge in [0.15, 0.2) is 0 Å². The molecule has 0 unspecified atom stereocenters. The van der Waals surface area contributed by atoms with Crippen molar-refractivity contribution < 1.29 is 0 Å². The number of fused-ring (bicyclic) bond motifs is 2. The van der Waals surface area contributed by atoms with Crippen molar-refractivity contribution >= 4 is 12.2 Å². The van der Waals surface area contributed by atoms with E-state index in [-0.39, 0.29) is 0 Å². The molecule has 0 saturated carbocycles. The monoisotopic (exact) mass is 404 g/mol. The smallest absolute Gasteiger partial charge is 0.00526 e. The van der Waals surface area contributed by atoms with E-state index in [1.807, 2.05) is 27.7 Å². The molecule has 0 fully saturated rings. The van der Waals surface area contributed by atoms with Crippen LogP contribution in [-0.2, 0) is 12.8 Å². The van der Waals surface area contributed by atoms with E-state index in [9.17, 15) is 0 Å². The van der Waals surface area contributed by atoms with E-state index in [4.69, 9.17) is 0 Å². The highest BCUT2D eigenvalue weighted by Crippen LogP contribution is 2.36.